The van der Waals surface area contributed by atoms with Gasteiger partial charge in [0.15, 0.2) is 0 Å². The molecule has 196 valence electrons. The van der Waals surface area contributed by atoms with Gasteiger partial charge in [-0.25, -0.2) is 0 Å². The van der Waals surface area contributed by atoms with Crippen molar-refractivity contribution in [3.8, 4) is 0 Å². The summed E-state index contributed by atoms with van der Waals surface area (Å²) in [4.78, 5) is 39.5. The number of amides is 3. The van der Waals surface area contributed by atoms with E-state index in [1.54, 1.807) is 0 Å². The van der Waals surface area contributed by atoms with Crippen LogP contribution >= 0.6 is 11.8 Å². The average molecular weight is 526 g/mol. The third-order valence-electron chi connectivity index (χ3n) is 6.76. The summed E-state index contributed by atoms with van der Waals surface area (Å²) in [5.74, 6) is -0.382. The molecule has 1 aromatic rings. The molecule has 36 heavy (non-hydrogen) atoms. The Morgan fingerprint density at radius 3 is 2.39 bits per heavy atom. The molecule has 11 heteroatoms. The molecule has 3 aliphatic rings. The number of hydrogen-bond donors (Lipinski definition) is 2. The van der Waals surface area contributed by atoms with E-state index in [0.717, 1.165) is 21.8 Å². The van der Waals surface area contributed by atoms with Crippen molar-refractivity contribution in [1.82, 2.24) is 15.5 Å². The molecule has 3 amide bonds. The molecule has 3 unspecified atom stereocenters. The third kappa shape index (κ3) is 6.16. The van der Waals surface area contributed by atoms with Crippen LogP contribution in [0.5, 0.6) is 0 Å². The first-order chi connectivity index (χ1) is 17.2. The second-order valence-electron chi connectivity index (χ2n) is 9.22. The van der Waals surface area contributed by atoms with Crippen molar-refractivity contribution in [3.05, 3.63) is 46.1 Å². The highest BCUT2D eigenvalue weighted by Crippen LogP contribution is 2.37. The molecule has 7 nitrogen and oxygen atoms in total. The van der Waals surface area contributed by atoms with Crippen LogP contribution in [0.15, 0.2) is 34.9 Å². The minimum atomic E-state index is -4.46. The quantitative estimate of drug-likeness (QED) is 0.587. The van der Waals surface area contributed by atoms with Gasteiger partial charge < -0.3 is 20.3 Å². The molecule has 0 saturated carbocycles. The molecule has 2 N–H and O–H groups in total. The number of piperidine rings is 1. The normalized spacial score (nSPS) is 24.6. The summed E-state index contributed by atoms with van der Waals surface area (Å²) < 4.78 is 43.6. The number of fused-ring (bicyclic) bond motifs is 1. The molecule has 3 atom stereocenters. The number of allylic oxidation sites excluding steroid dienone is 1. The van der Waals surface area contributed by atoms with E-state index < -0.39 is 24.5 Å². The van der Waals surface area contributed by atoms with Crippen molar-refractivity contribution in [1.29, 1.82) is 0 Å². The third-order valence-corrected chi connectivity index (χ3v) is 7.83. The highest BCUT2D eigenvalue weighted by molar-refractivity contribution is 8.04. The van der Waals surface area contributed by atoms with Crippen LogP contribution < -0.4 is 10.6 Å². The SMILES string of the molecule is CCC1=C(C(=O)NC2CCC(NC(=O)C3CCN(CC(F)(F)F)C(=O)C3)c3ccccc32)SCCO1. The first kappa shape index (κ1) is 26.4. The number of alkyl halides is 3. The molecule has 1 fully saturated rings. The van der Waals surface area contributed by atoms with Crippen LogP contribution in [0.2, 0.25) is 0 Å². The zero-order valence-corrected chi connectivity index (χ0v) is 20.8. The molecule has 2 aliphatic heterocycles. The fourth-order valence-corrected chi connectivity index (χ4v) is 5.92. The number of nitrogens with zero attached hydrogens (tertiary/aromatic N) is 1. The summed E-state index contributed by atoms with van der Waals surface area (Å²) in [7, 11) is 0. The van der Waals surface area contributed by atoms with E-state index >= 15 is 0 Å². The lowest BCUT2D eigenvalue weighted by molar-refractivity contribution is -0.165. The van der Waals surface area contributed by atoms with E-state index in [0.29, 0.717) is 36.5 Å². The van der Waals surface area contributed by atoms with Crippen LogP contribution in [0.1, 0.15) is 62.2 Å². The van der Waals surface area contributed by atoms with E-state index in [1.807, 2.05) is 31.2 Å². The van der Waals surface area contributed by atoms with Gasteiger partial charge in [-0.2, -0.15) is 13.2 Å². The van der Waals surface area contributed by atoms with Gasteiger partial charge >= 0.3 is 6.18 Å². The number of nitrogens with one attached hydrogen (secondary N) is 2. The van der Waals surface area contributed by atoms with Crippen molar-refractivity contribution in [2.75, 3.05) is 25.4 Å². The number of ether oxygens (including phenoxy) is 1. The fourth-order valence-electron chi connectivity index (χ4n) is 5.00. The van der Waals surface area contributed by atoms with Crippen molar-refractivity contribution in [2.45, 2.75) is 57.3 Å². The molecule has 4 rings (SSSR count). The van der Waals surface area contributed by atoms with Crippen molar-refractivity contribution in [3.63, 3.8) is 0 Å². The number of likely N-dealkylation sites (tertiary alicyclic amines) is 1. The summed E-state index contributed by atoms with van der Waals surface area (Å²) in [6, 6.07) is 7.06. The Morgan fingerprint density at radius 1 is 1.11 bits per heavy atom. The van der Waals surface area contributed by atoms with E-state index in [-0.39, 0.29) is 43.3 Å². The summed E-state index contributed by atoms with van der Waals surface area (Å²) >= 11 is 1.49. The number of halogens is 3. The van der Waals surface area contributed by atoms with E-state index in [2.05, 4.69) is 10.6 Å². The minimum Gasteiger partial charge on any atom is -0.496 e. The van der Waals surface area contributed by atoms with Gasteiger partial charge in [0.1, 0.15) is 17.2 Å². The Morgan fingerprint density at radius 2 is 1.78 bits per heavy atom. The number of carbonyl (C=O) groups is 3. The van der Waals surface area contributed by atoms with E-state index in [1.165, 1.54) is 11.8 Å². The van der Waals surface area contributed by atoms with Gasteiger partial charge in [-0.3, -0.25) is 14.4 Å². The molecule has 0 aromatic heterocycles. The van der Waals surface area contributed by atoms with Crippen LogP contribution in [0.4, 0.5) is 13.2 Å². The number of rotatable bonds is 6. The maximum absolute atomic E-state index is 13.0. The van der Waals surface area contributed by atoms with Crippen molar-refractivity contribution in [2.24, 2.45) is 5.92 Å². The smallest absolute Gasteiger partial charge is 0.406 e. The number of hydrogen-bond acceptors (Lipinski definition) is 5. The lowest BCUT2D eigenvalue weighted by Gasteiger charge is -2.35. The first-order valence-electron chi connectivity index (χ1n) is 12.2. The summed E-state index contributed by atoms with van der Waals surface area (Å²) in [6.07, 6.45) is -2.67. The Hall–Kier alpha value is -2.69. The highest BCUT2D eigenvalue weighted by atomic mass is 32.2. The molecule has 1 aliphatic carbocycles. The summed E-state index contributed by atoms with van der Waals surface area (Å²) in [5.41, 5.74) is 1.80. The molecule has 1 saturated heterocycles. The molecule has 0 spiro atoms. The van der Waals surface area contributed by atoms with Crippen molar-refractivity contribution >= 4 is 29.5 Å². The predicted molar refractivity (Wildman–Crippen MR) is 129 cm³/mol. The molecule has 1 aromatic carbocycles. The van der Waals surface area contributed by atoms with E-state index in [4.69, 9.17) is 4.74 Å². The number of benzene rings is 1. The number of carbonyl (C=O) groups excluding carboxylic acids is 3. The monoisotopic (exact) mass is 525 g/mol. The topological polar surface area (TPSA) is 87.7 Å². The molecular weight excluding hydrogens is 495 g/mol. The van der Waals surface area contributed by atoms with Gasteiger partial charge in [0.05, 0.1) is 18.7 Å². The zero-order chi connectivity index (χ0) is 25.9. The molecular formula is C25H30F3N3O4S. The number of thioether (sulfide) groups is 1. The predicted octanol–water partition coefficient (Wildman–Crippen LogP) is 3.98. The lowest BCUT2D eigenvalue weighted by atomic mass is 9.83. The highest BCUT2D eigenvalue weighted by Gasteiger charge is 2.38. The van der Waals surface area contributed by atoms with Gasteiger partial charge in [-0.15, -0.1) is 11.8 Å². The van der Waals surface area contributed by atoms with Crippen LogP contribution in [0.25, 0.3) is 0 Å². The maximum Gasteiger partial charge on any atom is 0.406 e. The van der Waals surface area contributed by atoms with Gasteiger partial charge in [0.2, 0.25) is 11.8 Å². The van der Waals surface area contributed by atoms with Gasteiger partial charge in [0.25, 0.3) is 5.91 Å². The van der Waals surface area contributed by atoms with Gasteiger partial charge in [-0.1, -0.05) is 31.2 Å². The lowest BCUT2D eigenvalue weighted by Crippen LogP contribution is -2.47. The molecule has 0 radical (unpaired) electrons. The summed E-state index contributed by atoms with van der Waals surface area (Å²) in [5, 5.41) is 6.13. The first-order valence-corrected chi connectivity index (χ1v) is 13.2. The van der Waals surface area contributed by atoms with Crippen LogP contribution in [0, 0.1) is 5.92 Å². The largest absolute Gasteiger partial charge is 0.496 e. The Labute approximate surface area is 212 Å². The minimum absolute atomic E-state index is 0.0941. The van der Waals surface area contributed by atoms with E-state index in [9.17, 15) is 27.6 Å². The molecule has 2 heterocycles. The van der Waals surface area contributed by atoms with Crippen LogP contribution in [0.3, 0.4) is 0 Å². The Balaban J connectivity index is 1.40. The zero-order valence-electron chi connectivity index (χ0n) is 20.0. The maximum atomic E-state index is 13.0. The summed E-state index contributed by atoms with van der Waals surface area (Å²) in [6.45, 7) is 1.16. The van der Waals surface area contributed by atoms with Crippen molar-refractivity contribution < 1.29 is 32.3 Å². The van der Waals surface area contributed by atoms with Gasteiger partial charge in [0, 0.05) is 31.1 Å². The van der Waals surface area contributed by atoms with Gasteiger partial charge in [-0.05, 0) is 30.4 Å². The second kappa shape index (κ2) is 11.1. The second-order valence-corrected chi connectivity index (χ2v) is 10.3. The van der Waals surface area contributed by atoms with Crippen LogP contribution in [-0.2, 0) is 19.1 Å². The Kier molecular flexibility index (Phi) is 8.17. The molecule has 0 bridgehead atoms. The Bertz CT molecular complexity index is 1050. The van der Waals surface area contributed by atoms with Crippen LogP contribution in [-0.4, -0.2) is 54.2 Å². The average Bonchev–Trinajstić information content (AvgIpc) is 2.85. The standard InChI is InChI=1S/C25H30F3N3O4S/c1-2-20-22(36-12-11-35-20)24(34)30-19-8-7-18(16-5-3-4-6-17(16)19)29-23(33)15-9-10-31(21(32)13-15)14-25(26,27)28/h3-6,15,18-19H,2,7-14H2,1H3,(H,29,33)(H,30,34). The fraction of sp³-hybridized carbons (Fsp3) is 0.560.